The number of aromatic nitrogens is 2. The van der Waals surface area contributed by atoms with Crippen LogP contribution in [-0.4, -0.2) is 16.0 Å². The van der Waals surface area contributed by atoms with Gasteiger partial charge in [-0.1, -0.05) is 11.6 Å². The molecule has 2 aromatic heterocycles. The summed E-state index contributed by atoms with van der Waals surface area (Å²) >= 11 is 7.46. The van der Waals surface area contributed by atoms with Crippen molar-refractivity contribution >= 4 is 22.9 Å². The van der Waals surface area contributed by atoms with Gasteiger partial charge in [-0.2, -0.15) is 0 Å². The number of rotatable bonds is 4. The van der Waals surface area contributed by atoms with Gasteiger partial charge in [-0.3, -0.25) is 0 Å². The molecule has 2 aromatic rings. The lowest BCUT2D eigenvalue weighted by Gasteiger charge is -1.97. The van der Waals surface area contributed by atoms with E-state index < -0.39 is 0 Å². The van der Waals surface area contributed by atoms with E-state index in [0.717, 1.165) is 27.3 Å². The number of nitrogens with one attached hydrogen (secondary N) is 2. The van der Waals surface area contributed by atoms with Gasteiger partial charge in [0.15, 0.2) is 0 Å². The summed E-state index contributed by atoms with van der Waals surface area (Å²) in [5.41, 5.74) is 1.05. The highest BCUT2D eigenvalue weighted by molar-refractivity contribution is 7.19. The van der Waals surface area contributed by atoms with Crippen LogP contribution in [0.3, 0.4) is 0 Å². The van der Waals surface area contributed by atoms with Crippen LogP contribution in [-0.2, 0) is 6.54 Å². The zero-order valence-corrected chi connectivity index (χ0v) is 10.2. The van der Waals surface area contributed by atoms with E-state index in [2.05, 4.69) is 15.3 Å². The summed E-state index contributed by atoms with van der Waals surface area (Å²) in [5.74, 6) is 0.992. The van der Waals surface area contributed by atoms with Crippen LogP contribution in [0.2, 0.25) is 4.34 Å². The maximum Gasteiger partial charge on any atom is 0.120 e. The van der Waals surface area contributed by atoms with E-state index in [1.807, 2.05) is 18.3 Å². The van der Waals surface area contributed by atoms with Gasteiger partial charge in [0, 0.05) is 6.04 Å². The van der Waals surface area contributed by atoms with E-state index in [0.29, 0.717) is 6.04 Å². The van der Waals surface area contributed by atoms with Crippen molar-refractivity contribution < 1.29 is 0 Å². The third-order valence-electron chi connectivity index (χ3n) is 2.60. The second-order valence-electron chi connectivity index (χ2n) is 4.00. The molecule has 2 heterocycles. The molecule has 2 N–H and O–H groups in total. The molecule has 0 aromatic carbocycles. The molecule has 3 nitrogen and oxygen atoms in total. The van der Waals surface area contributed by atoms with E-state index in [4.69, 9.17) is 11.6 Å². The van der Waals surface area contributed by atoms with Crippen molar-refractivity contribution in [1.29, 1.82) is 0 Å². The number of halogens is 1. The lowest BCUT2D eigenvalue weighted by atomic mass is 10.4. The number of hydrogen-bond acceptors (Lipinski definition) is 3. The summed E-state index contributed by atoms with van der Waals surface area (Å²) < 4.78 is 0.808. The van der Waals surface area contributed by atoms with Crippen molar-refractivity contribution in [3.63, 3.8) is 0 Å². The zero-order valence-electron chi connectivity index (χ0n) is 8.66. The minimum Gasteiger partial charge on any atom is -0.340 e. The second kappa shape index (κ2) is 4.20. The standard InChI is InChI=1S/C11H12ClN3S/c12-10-4-3-9(16-10)8-5-14-11(15-8)6-13-7-1-2-7/h3-5,7,13H,1-2,6H2,(H,14,15). The Bertz CT molecular complexity index is 487. The number of imidazole rings is 1. The minimum atomic E-state index is 0.713. The fraction of sp³-hybridized carbons (Fsp3) is 0.364. The maximum absolute atomic E-state index is 5.90. The molecule has 0 bridgehead atoms. The molecular formula is C11H12ClN3S. The first kappa shape index (κ1) is 10.3. The number of hydrogen-bond donors (Lipinski definition) is 2. The second-order valence-corrected chi connectivity index (χ2v) is 5.72. The Balaban J connectivity index is 1.71. The highest BCUT2D eigenvalue weighted by atomic mass is 35.5. The van der Waals surface area contributed by atoms with E-state index in [-0.39, 0.29) is 0 Å². The average molecular weight is 254 g/mol. The van der Waals surface area contributed by atoms with Crippen molar-refractivity contribution in [2.45, 2.75) is 25.4 Å². The molecule has 3 rings (SSSR count). The summed E-state index contributed by atoms with van der Waals surface area (Å²) in [6.45, 7) is 0.823. The fourth-order valence-electron chi connectivity index (χ4n) is 1.57. The smallest absolute Gasteiger partial charge is 0.120 e. The van der Waals surface area contributed by atoms with Gasteiger partial charge in [-0.15, -0.1) is 11.3 Å². The van der Waals surface area contributed by atoms with Gasteiger partial charge in [0.1, 0.15) is 5.82 Å². The molecule has 84 valence electrons. The molecule has 0 amide bonds. The van der Waals surface area contributed by atoms with E-state index >= 15 is 0 Å². The molecule has 1 saturated carbocycles. The largest absolute Gasteiger partial charge is 0.340 e. The maximum atomic E-state index is 5.90. The number of thiophene rings is 1. The molecule has 0 unspecified atom stereocenters. The Kier molecular flexibility index (Phi) is 2.71. The van der Waals surface area contributed by atoms with Crippen molar-refractivity contribution in [3.05, 3.63) is 28.5 Å². The summed E-state index contributed by atoms with van der Waals surface area (Å²) in [6, 6.07) is 4.63. The molecule has 0 spiro atoms. The lowest BCUT2D eigenvalue weighted by molar-refractivity contribution is 0.664. The molecule has 5 heteroatoms. The van der Waals surface area contributed by atoms with Crippen LogP contribution in [0.4, 0.5) is 0 Å². The van der Waals surface area contributed by atoms with Crippen LogP contribution in [0.1, 0.15) is 18.7 Å². The van der Waals surface area contributed by atoms with Crippen molar-refractivity contribution in [3.8, 4) is 10.6 Å². The Hall–Kier alpha value is -0.840. The highest BCUT2D eigenvalue weighted by Gasteiger charge is 2.20. The van der Waals surface area contributed by atoms with Gasteiger partial charge in [0.2, 0.25) is 0 Å². The van der Waals surface area contributed by atoms with Crippen LogP contribution < -0.4 is 5.32 Å². The van der Waals surface area contributed by atoms with E-state index in [9.17, 15) is 0 Å². The third kappa shape index (κ3) is 2.29. The van der Waals surface area contributed by atoms with Crippen LogP contribution in [0.15, 0.2) is 18.3 Å². The summed E-state index contributed by atoms with van der Waals surface area (Å²) in [5, 5.41) is 3.43. The third-order valence-corrected chi connectivity index (χ3v) is 3.87. The number of H-pyrrole nitrogens is 1. The predicted molar refractivity (Wildman–Crippen MR) is 66.8 cm³/mol. The molecule has 16 heavy (non-hydrogen) atoms. The Morgan fingerprint density at radius 3 is 3.06 bits per heavy atom. The Morgan fingerprint density at radius 1 is 1.50 bits per heavy atom. The van der Waals surface area contributed by atoms with Crippen molar-refractivity contribution in [1.82, 2.24) is 15.3 Å². The van der Waals surface area contributed by atoms with Crippen LogP contribution >= 0.6 is 22.9 Å². The van der Waals surface area contributed by atoms with Gasteiger partial charge in [-0.05, 0) is 25.0 Å². The molecule has 0 radical (unpaired) electrons. The zero-order chi connectivity index (χ0) is 11.0. The molecule has 0 atom stereocenters. The van der Waals surface area contributed by atoms with Gasteiger partial charge >= 0.3 is 0 Å². The van der Waals surface area contributed by atoms with Crippen LogP contribution in [0.5, 0.6) is 0 Å². The Morgan fingerprint density at radius 2 is 2.38 bits per heavy atom. The quantitative estimate of drug-likeness (QED) is 0.879. The molecule has 0 aliphatic heterocycles. The van der Waals surface area contributed by atoms with E-state index in [1.54, 1.807) is 11.3 Å². The van der Waals surface area contributed by atoms with Gasteiger partial charge < -0.3 is 10.3 Å². The molecular weight excluding hydrogens is 242 g/mol. The SMILES string of the molecule is Clc1ccc(-c2cnc(CNC3CC3)[nH]2)s1. The van der Waals surface area contributed by atoms with Crippen molar-refractivity contribution in [2.24, 2.45) is 0 Å². The first-order valence-electron chi connectivity index (χ1n) is 5.34. The van der Waals surface area contributed by atoms with Crippen molar-refractivity contribution in [2.75, 3.05) is 0 Å². The van der Waals surface area contributed by atoms with Crippen LogP contribution in [0.25, 0.3) is 10.6 Å². The fourth-order valence-corrected chi connectivity index (χ4v) is 2.57. The summed E-state index contributed by atoms with van der Waals surface area (Å²) in [4.78, 5) is 8.79. The number of aromatic amines is 1. The van der Waals surface area contributed by atoms with Gasteiger partial charge in [0.25, 0.3) is 0 Å². The lowest BCUT2D eigenvalue weighted by Crippen LogP contribution is -2.16. The topological polar surface area (TPSA) is 40.7 Å². The number of nitrogens with zero attached hydrogens (tertiary/aromatic N) is 1. The van der Waals surface area contributed by atoms with Gasteiger partial charge in [-0.25, -0.2) is 4.98 Å². The minimum absolute atomic E-state index is 0.713. The summed E-state index contributed by atoms with van der Waals surface area (Å²) in [7, 11) is 0. The van der Waals surface area contributed by atoms with Gasteiger partial charge in [0.05, 0.1) is 27.6 Å². The summed E-state index contributed by atoms with van der Waals surface area (Å²) in [6.07, 6.45) is 4.47. The predicted octanol–water partition coefficient (Wildman–Crippen LogP) is 3.04. The monoisotopic (exact) mass is 253 g/mol. The molecule has 1 aliphatic carbocycles. The first-order valence-corrected chi connectivity index (χ1v) is 6.54. The van der Waals surface area contributed by atoms with E-state index in [1.165, 1.54) is 12.8 Å². The molecule has 1 fully saturated rings. The molecule has 1 aliphatic rings. The Labute approximate surface area is 103 Å². The first-order chi connectivity index (χ1) is 7.81. The highest BCUT2D eigenvalue weighted by Crippen LogP contribution is 2.29. The normalized spacial score (nSPS) is 15.6. The van der Waals surface area contributed by atoms with Crippen LogP contribution in [0, 0.1) is 0 Å². The average Bonchev–Trinajstić information content (AvgIpc) is 2.81. The molecule has 0 saturated heterocycles.